The Kier molecular flexibility index (Phi) is 8.76. The van der Waals surface area contributed by atoms with Crippen LogP contribution in [0.1, 0.15) is 0 Å². The monoisotopic (exact) mass is 315 g/mol. The van der Waals surface area contributed by atoms with Gasteiger partial charge in [0.1, 0.15) is 0 Å². The predicted molar refractivity (Wildman–Crippen MR) is 28.6 cm³/mol. The summed E-state index contributed by atoms with van der Waals surface area (Å²) in [6.45, 7) is 0. The van der Waals surface area contributed by atoms with Crippen molar-refractivity contribution in [2.45, 2.75) is 0 Å². The summed E-state index contributed by atoms with van der Waals surface area (Å²) < 4.78 is 23.7. The quantitative estimate of drug-likeness (QED) is 0.730. The van der Waals surface area contributed by atoms with Gasteiger partial charge in [-0.05, 0) is 0 Å². The molecule has 0 unspecified atom stereocenters. The first-order chi connectivity index (χ1) is 3.68. The zero-order valence-electron chi connectivity index (χ0n) is 5.34. The standard InChI is InChI=1S/C3H9O4P.Lu/c1-5-8(4,6-2)7-3;/h1-3H3;. The molecule has 0 atom stereocenters. The molecule has 0 spiro atoms. The normalized spacial score (nSPS) is 10.6. The van der Waals surface area contributed by atoms with Crippen molar-refractivity contribution < 1.29 is 55.0 Å². The van der Waals surface area contributed by atoms with Gasteiger partial charge in [-0.1, -0.05) is 0 Å². The fourth-order valence-corrected chi connectivity index (χ4v) is 0.671. The molecule has 1 radical (unpaired) electrons. The fraction of sp³-hybridized carbons (Fsp3) is 1.00. The van der Waals surface area contributed by atoms with E-state index >= 15 is 0 Å². The molecule has 9 heavy (non-hydrogen) atoms. The van der Waals surface area contributed by atoms with E-state index in [0.717, 1.165) is 0 Å². The van der Waals surface area contributed by atoms with Crippen LogP contribution in [0.3, 0.4) is 0 Å². The van der Waals surface area contributed by atoms with Crippen LogP contribution in [-0.2, 0) is 18.1 Å². The molecule has 0 bridgehead atoms. The van der Waals surface area contributed by atoms with Crippen LogP contribution in [0.4, 0.5) is 0 Å². The molecule has 0 saturated carbocycles. The van der Waals surface area contributed by atoms with Crippen molar-refractivity contribution in [2.24, 2.45) is 0 Å². The molecule has 0 saturated heterocycles. The predicted octanol–water partition coefficient (Wildman–Crippen LogP) is 1.03. The minimum absolute atomic E-state index is 0. The van der Waals surface area contributed by atoms with E-state index in [2.05, 4.69) is 13.6 Å². The summed E-state index contributed by atoms with van der Waals surface area (Å²) >= 11 is 0. The molecule has 0 aromatic heterocycles. The third-order valence-electron chi connectivity index (χ3n) is 0.671. The number of phosphoric ester groups is 1. The van der Waals surface area contributed by atoms with Crippen LogP contribution in [0.15, 0.2) is 0 Å². The third-order valence-corrected chi connectivity index (χ3v) is 2.01. The Morgan fingerprint density at radius 3 is 1.22 bits per heavy atom. The second-order valence-electron chi connectivity index (χ2n) is 0.995. The van der Waals surface area contributed by atoms with Gasteiger partial charge in [-0.25, -0.2) is 4.57 Å². The summed E-state index contributed by atoms with van der Waals surface area (Å²) in [6.07, 6.45) is 0. The molecule has 0 aromatic carbocycles. The van der Waals surface area contributed by atoms with Gasteiger partial charge in [-0.15, -0.1) is 0 Å². The fourth-order valence-electron chi connectivity index (χ4n) is 0.224. The smallest absolute Gasteiger partial charge is 0.290 e. The molecule has 0 rings (SSSR count). The van der Waals surface area contributed by atoms with E-state index in [9.17, 15) is 4.57 Å². The van der Waals surface area contributed by atoms with Crippen LogP contribution in [0.5, 0.6) is 0 Å². The summed E-state index contributed by atoms with van der Waals surface area (Å²) in [5.74, 6) is 0. The molecule has 65 valence electrons. The van der Waals surface area contributed by atoms with E-state index in [1.54, 1.807) is 0 Å². The van der Waals surface area contributed by atoms with Gasteiger partial charge in [0.05, 0.1) is 0 Å². The molecule has 0 aliphatic carbocycles. The Hall–Kier alpha value is 1.34. The van der Waals surface area contributed by atoms with Crippen LogP contribution in [0, 0.1) is 36.9 Å². The maximum atomic E-state index is 10.7. The van der Waals surface area contributed by atoms with Gasteiger partial charge in [0.15, 0.2) is 0 Å². The first-order valence-corrected chi connectivity index (χ1v) is 3.42. The molecule has 0 N–H and O–H groups in total. The first-order valence-electron chi connectivity index (χ1n) is 1.96. The van der Waals surface area contributed by atoms with Crippen LogP contribution in [0.2, 0.25) is 0 Å². The first kappa shape index (κ1) is 13.0. The summed E-state index contributed by atoms with van der Waals surface area (Å²) in [5.41, 5.74) is 0. The van der Waals surface area contributed by atoms with Gasteiger partial charge in [-0.3, -0.25) is 13.6 Å². The SMILES string of the molecule is COP(=O)(OC)OC.[Lu]. The van der Waals surface area contributed by atoms with Crippen LogP contribution >= 0.6 is 7.82 Å². The van der Waals surface area contributed by atoms with E-state index in [1.807, 2.05) is 0 Å². The van der Waals surface area contributed by atoms with Crippen molar-refractivity contribution in [2.75, 3.05) is 21.3 Å². The van der Waals surface area contributed by atoms with Gasteiger partial charge in [0.2, 0.25) is 0 Å². The van der Waals surface area contributed by atoms with E-state index in [1.165, 1.54) is 21.3 Å². The third kappa shape index (κ3) is 4.71. The van der Waals surface area contributed by atoms with Gasteiger partial charge in [0.25, 0.3) is 0 Å². The summed E-state index contributed by atoms with van der Waals surface area (Å²) in [4.78, 5) is 0. The Morgan fingerprint density at radius 2 is 1.22 bits per heavy atom. The molecular weight excluding hydrogens is 306 g/mol. The Balaban J connectivity index is 0. The molecule has 0 aliphatic rings. The van der Waals surface area contributed by atoms with Crippen molar-refractivity contribution in [3.63, 3.8) is 0 Å². The van der Waals surface area contributed by atoms with Gasteiger partial charge >= 0.3 is 7.82 Å². The number of hydrogen-bond acceptors (Lipinski definition) is 4. The second-order valence-corrected chi connectivity index (χ2v) is 2.98. The molecule has 0 heterocycles. The van der Waals surface area contributed by atoms with Gasteiger partial charge in [-0.2, -0.15) is 0 Å². The maximum absolute atomic E-state index is 10.7. The number of hydrogen-bond donors (Lipinski definition) is 0. The summed E-state index contributed by atoms with van der Waals surface area (Å²) in [5, 5.41) is 0. The Bertz CT molecular complexity index is 87.0. The summed E-state index contributed by atoms with van der Waals surface area (Å²) in [6, 6.07) is 0. The molecular formula is C3H9LuO4P. The van der Waals surface area contributed by atoms with E-state index < -0.39 is 7.82 Å². The topological polar surface area (TPSA) is 44.8 Å². The average Bonchev–Trinajstić information content (AvgIpc) is 1.87. The Labute approximate surface area is 83.7 Å². The summed E-state index contributed by atoms with van der Waals surface area (Å²) in [7, 11) is 0.611. The zero-order chi connectivity index (χ0) is 6.62. The molecule has 0 fully saturated rings. The second kappa shape index (κ2) is 6.08. The van der Waals surface area contributed by atoms with Gasteiger partial charge < -0.3 is 0 Å². The van der Waals surface area contributed by atoms with E-state index in [0.29, 0.717) is 0 Å². The number of phosphoric acid groups is 1. The van der Waals surface area contributed by atoms with Crippen LogP contribution < -0.4 is 0 Å². The van der Waals surface area contributed by atoms with Crippen LogP contribution in [-0.4, -0.2) is 21.3 Å². The van der Waals surface area contributed by atoms with Crippen LogP contribution in [0.25, 0.3) is 0 Å². The van der Waals surface area contributed by atoms with Crippen molar-refractivity contribution in [3.05, 3.63) is 0 Å². The molecule has 0 aliphatic heterocycles. The maximum Gasteiger partial charge on any atom is 0.473 e. The Morgan fingerprint density at radius 1 is 1.00 bits per heavy atom. The van der Waals surface area contributed by atoms with E-state index in [-0.39, 0.29) is 36.9 Å². The molecule has 0 aromatic rings. The largest absolute Gasteiger partial charge is 0.473 e. The molecule has 0 amide bonds. The number of rotatable bonds is 3. The van der Waals surface area contributed by atoms with Crippen molar-refractivity contribution in [1.29, 1.82) is 0 Å². The van der Waals surface area contributed by atoms with Crippen molar-refractivity contribution in [3.8, 4) is 0 Å². The van der Waals surface area contributed by atoms with E-state index in [4.69, 9.17) is 0 Å². The average molecular weight is 315 g/mol. The minimum Gasteiger partial charge on any atom is -0.290 e. The van der Waals surface area contributed by atoms with Crippen molar-refractivity contribution in [1.82, 2.24) is 0 Å². The molecule has 4 nitrogen and oxygen atoms in total. The van der Waals surface area contributed by atoms with Gasteiger partial charge in [0, 0.05) is 58.2 Å². The van der Waals surface area contributed by atoms with Crippen molar-refractivity contribution >= 4 is 7.82 Å². The zero-order valence-corrected chi connectivity index (χ0v) is 7.89. The molecule has 6 heteroatoms. The minimum atomic E-state index is -3.16.